The van der Waals surface area contributed by atoms with Crippen LogP contribution in [0.2, 0.25) is 0 Å². The molecule has 0 saturated carbocycles. The Morgan fingerprint density at radius 2 is 1.93 bits per heavy atom. The smallest absolute Gasteiger partial charge is 0.174 e. The molecule has 0 aliphatic rings. The van der Waals surface area contributed by atoms with Crippen molar-refractivity contribution >= 4 is 10.8 Å². The summed E-state index contributed by atoms with van der Waals surface area (Å²) in [4.78, 5) is 0. The highest BCUT2D eigenvalue weighted by Crippen LogP contribution is 2.24. The summed E-state index contributed by atoms with van der Waals surface area (Å²) in [6, 6.07) is 12.5. The molecule has 74 valence electrons. The van der Waals surface area contributed by atoms with Gasteiger partial charge in [0.1, 0.15) is 17.6 Å². The minimum atomic E-state index is 0.0321. The van der Waals surface area contributed by atoms with Crippen molar-refractivity contribution in [1.82, 2.24) is 0 Å². The number of nitriles is 1. The number of phenols is 1. The molecule has 2 rings (SSSR count). The second-order valence-electron chi connectivity index (χ2n) is 3.14. The zero-order valence-electron chi connectivity index (χ0n) is 7.97. The van der Waals surface area contributed by atoms with Crippen LogP contribution in [0.5, 0.6) is 11.5 Å². The Hall–Kier alpha value is -2.21. The first-order valence-corrected chi connectivity index (χ1v) is 4.52. The van der Waals surface area contributed by atoms with Crippen molar-refractivity contribution in [3.05, 3.63) is 36.4 Å². The number of nitrogens with zero attached hydrogens (tertiary/aromatic N) is 1. The van der Waals surface area contributed by atoms with E-state index in [4.69, 9.17) is 10.00 Å². The number of aromatic hydroxyl groups is 1. The number of phenolic OH excluding ortho intramolecular Hbond substituents is 1. The molecule has 0 atom stereocenters. The average molecular weight is 199 g/mol. The van der Waals surface area contributed by atoms with E-state index in [1.54, 1.807) is 24.3 Å². The highest BCUT2D eigenvalue weighted by atomic mass is 16.5. The molecule has 15 heavy (non-hydrogen) atoms. The molecule has 3 heteroatoms. The van der Waals surface area contributed by atoms with Gasteiger partial charge < -0.3 is 9.84 Å². The first kappa shape index (κ1) is 9.35. The topological polar surface area (TPSA) is 53.2 Å². The molecule has 3 nitrogen and oxygen atoms in total. The number of hydrogen-bond acceptors (Lipinski definition) is 3. The SMILES string of the molecule is N#CCOc1ccc2ccc(O)cc2c1. The summed E-state index contributed by atoms with van der Waals surface area (Å²) in [7, 11) is 0. The van der Waals surface area contributed by atoms with E-state index in [-0.39, 0.29) is 12.4 Å². The van der Waals surface area contributed by atoms with Crippen molar-refractivity contribution in [3.8, 4) is 17.6 Å². The zero-order chi connectivity index (χ0) is 10.7. The van der Waals surface area contributed by atoms with Crippen molar-refractivity contribution in [2.24, 2.45) is 0 Å². The number of ether oxygens (including phenoxy) is 1. The van der Waals surface area contributed by atoms with Gasteiger partial charge >= 0.3 is 0 Å². The van der Waals surface area contributed by atoms with Gasteiger partial charge in [-0.05, 0) is 35.0 Å². The molecule has 0 fully saturated rings. The van der Waals surface area contributed by atoms with E-state index >= 15 is 0 Å². The Labute approximate surface area is 87.1 Å². The second kappa shape index (κ2) is 3.89. The molecule has 0 heterocycles. The van der Waals surface area contributed by atoms with Crippen LogP contribution in [0.1, 0.15) is 0 Å². The van der Waals surface area contributed by atoms with E-state index in [1.807, 2.05) is 18.2 Å². The third-order valence-electron chi connectivity index (χ3n) is 2.10. The van der Waals surface area contributed by atoms with Crippen LogP contribution in [0.15, 0.2) is 36.4 Å². The Bertz CT molecular complexity index is 529. The van der Waals surface area contributed by atoms with Crippen LogP contribution in [0.3, 0.4) is 0 Å². The molecule has 1 N–H and O–H groups in total. The van der Waals surface area contributed by atoms with E-state index < -0.39 is 0 Å². The lowest BCUT2D eigenvalue weighted by Gasteiger charge is -2.03. The van der Waals surface area contributed by atoms with Crippen molar-refractivity contribution in [2.45, 2.75) is 0 Å². The van der Waals surface area contributed by atoms with E-state index in [1.165, 1.54) is 0 Å². The van der Waals surface area contributed by atoms with Gasteiger partial charge in [-0.3, -0.25) is 0 Å². The van der Waals surface area contributed by atoms with Crippen molar-refractivity contribution in [2.75, 3.05) is 6.61 Å². The molecule has 2 aromatic carbocycles. The zero-order valence-corrected chi connectivity index (χ0v) is 7.97. The molecule has 2 aromatic rings. The lowest BCUT2D eigenvalue weighted by atomic mass is 10.1. The molecular weight excluding hydrogens is 190 g/mol. The normalized spacial score (nSPS) is 9.80. The molecule has 0 amide bonds. The van der Waals surface area contributed by atoms with E-state index in [0.717, 1.165) is 10.8 Å². The van der Waals surface area contributed by atoms with Gasteiger partial charge in [-0.25, -0.2) is 0 Å². The number of rotatable bonds is 2. The summed E-state index contributed by atoms with van der Waals surface area (Å²) < 4.78 is 5.16. The van der Waals surface area contributed by atoms with Gasteiger partial charge in [-0.2, -0.15) is 5.26 Å². The molecule has 0 radical (unpaired) electrons. The Morgan fingerprint density at radius 3 is 2.73 bits per heavy atom. The number of hydrogen-bond donors (Lipinski definition) is 1. The molecule has 0 aromatic heterocycles. The maximum atomic E-state index is 9.30. The van der Waals surface area contributed by atoms with Gasteiger partial charge in [-0.15, -0.1) is 0 Å². The second-order valence-corrected chi connectivity index (χ2v) is 3.14. The molecule has 0 aliphatic heterocycles. The van der Waals surface area contributed by atoms with Crippen LogP contribution in [0, 0.1) is 11.3 Å². The summed E-state index contributed by atoms with van der Waals surface area (Å²) in [6.45, 7) is 0.0321. The standard InChI is InChI=1S/C12H9NO2/c13-5-6-15-12-4-2-9-1-3-11(14)7-10(9)8-12/h1-4,7-8,14H,6H2. The Kier molecular flexibility index (Phi) is 2.42. The molecule has 0 unspecified atom stereocenters. The summed E-state index contributed by atoms with van der Waals surface area (Å²) in [5.41, 5.74) is 0. The van der Waals surface area contributed by atoms with Gasteiger partial charge in [0.2, 0.25) is 0 Å². The lowest BCUT2D eigenvalue weighted by Crippen LogP contribution is -1.92. The van der Waals surface area contributed by atoms with E-state index in [0.29, 0.717) is 5.75 Å². The predicted octanol–water partition coefficient (Wildman–Crippen LogP) is 2.45. The van der Waals surface area contributed by atoms with E-state index in [9.17, 15) is 5.11 Å². The van der Waals surface area contributed by atoms with Crippen LogP contribution < -0.4 is 4.74 Å². The summed E-state index contributed by atoms with van der Waals surface area (Å²) in [6.07, 6.45) is 0. The van der Waals surface area contributed by atoms with Gasteiger partial charge in [-0.1, -0.05) is 12.1 Å². The lowest BCUT2D eigenvalue weighted by molar-refractivity contribution is 0.368. The number of benzene rings is 2. The Balaban J connectivity index is 2.41. The fraction of sp³-hybridized carbons (Fsp3) is 0.0833. The molecule has 0 bridgehead atoms. The van der Waals surface area contributed by atoms with Gasteiger partial charge in [0.15, 0.2) is 6.61 Å². The highest BCUT2D eigenvalue weighted by Gasteiger charge is 1.98. The van der Waals surface area contributed by atoms with Crippen LogP contribution in [0.25, 0.3) is 10.8 Å². The third-order valence-corrected chi connectivity index (χ3v) is 2.10. The first-order chi connectivity index (χ1) is 7.29. The monoisotopic (exact) mass is 199 g/mol. The summed E-state index contributed by atoms with van der Waals surface area (Å²) >= 11 is 0. The average Bonchev–Trinajstić information content (AvgIpc) is 2.25. The van der Waals surface area contributed by atoms with Crippen molar-refractivity contribution in [1.29, 1.82) is 5.26 Å². The fourth-order valence-corrected chi connectivity index (χ4v) is 1.42. The van der Waals surface area contributed by atoms with Gasteiger partial charge in [0.25, 0.3) is 0 Å². The van der Waals surface area contributed by atoms with Crippen LogP contribution in [-0.4, -0.2) is 11.7 Å². The Morgan fingerprint density at radius 1 is 1.13 bits per heavy atom. The summed E-state index contributed by atoms with van der Waals surface area (Å²) in [5.74, 6) is 0.856. The minimum Gasteiger partial charge on any atom is -0.508 e. The first-order valence-electron chi connectivity index (χ1n) is 4.52. The molecular formula is C12H9NO2. The van der Waals surface area contributed by atoms with Crippen LogP contribution in [-0.2, 0) is 0 Å². The maximum Gasteiger partial charge on any atom is 0.174 e. The largest absolute Gasteiger partial charge is 0.508 e. The van der Waals surface area contributed by atoms with Crippen molar-refractivity contribution < 1.29 is 9.84 Å². The summed E-state index contributed by atoms with van der Waals surface area (Å²) in [5, 5.41) is 19.6. The predicted molar refractivity (Wildman–Crippen MR) is 56.7 cm³/mol. The van der Waals surface area contributed by atoms with E-state index in [2.05, 4.69) is 0 Å². The fourth-order valence-electron chi connectivity index (χ4n) is 1.42. The molecule has 0 spiro atoms. The minimum absolute atomic E-state index is 0.0321. The number of fused-ring (bicyclic) bond motifs is 1. The van der Waals surface area contributed by atoms with Gasteiger partial charge in [0, 0.05) is 0 Å². The molecule has 0 saturated heterocycles. The maximum absolute atomic E-state index is 9.30. The third kappa shape index (κ3) is 2.00. The quantitative estimate of drug-likeness (QED) is 0.808. The van der Waals surface area contributed by atoms with Crippen LogP contribution >= 0.6 is 0 Å². The molecule has 0 aliphatic carbocycles. The highest BCUT2D eigenvalue weighted by molar-refractivity contribution is 5.85. The van der Waals surface area contributed by atoms with Gasteiger partial charge in [0.05, 0.1) is 0 Å². The van der Waals surface area contributed by atoms with Crippen molar-refractivity contribution in [3.63, 3.8) is 0 Å². The van der Waals surface area contributed by atoms with Crippen LogP contribution in [0.4, 0.5) is 0 Å².